The Morgan fingerprint density at radius 2 is 1.72 bits per heavy atom. The Morgan fingerprint density at radius 1 is 1.06 bits per heavy atom. The Hall–Kier alpha value is -0.250. The number of hydrogen-bond acceptors (Lipinski definition) is 1. The van der Waals surface area contributed by atoms with Crippen LogP contribution in [-0.2, 0) is 0 Å². The summed E-state index contributed by atoms with van der Waals surface area (Å²) in [5.74, 6) is -1.08. The molecule has 1 aliphatic rings. The molecule has 0 bridgehead atoms. The maximum absolute atomic E-state index is 12.6. The highest BCUT2D eigenvalue weighted by atomic mass is 19.4. The largest absolute Gasteiger partial charge is 0.391 e. The zero-order valence-electron chi connectivity index (χ0n) is 11.4. The fraction of sp³-hybridized carbons (Fsp3) is 1.00. The minimum atomic E-state index is -4.00. The summed E-state index contributed by atoms with van der Waals surface area (Å²) in [5, 5.41) is 3.22. The van der Waals surface area contributed by atoms with E-state index in [0.717, 1.165) is 19.3 Å². The first-order chi connectivity index (χ1) is 8.54. The number of unbranched alkanes of at least 4 members (excludes halogenated alkanes) is 5. The summed E-state index contributed by atoms with van der Waals surface area (Å²) in [5.41, 5.74) is 0. The van der Waals surface area contributed by atoms with Crippen molar-refractivity contribution < 1.29 is 13.2 Å². The monoisotopic (exact) mass is 265 g/mol. The van der Waals surface area contributed by atoms with Crippen molar-refractivity contribution in [3.8, 4) is 0 Å². The predicted octanol–water partition coefficient (Wildman–Crippen LogP) is 4.67. The lowest BCUT2D eigenvalue weighted by Crippen LogP contribution is -2.42. The van der Waals surface area contributed by atoms with E-state index in [-0.39, 0.29) is 18.9 Å². The van der Waals surface area contributed by atoms with Crippen LogP contribution in [0.4, 0.5) is 13.2 Å². The molecule has 1 rings (SSSR count). The van der Waals surface area contributed by atoms with Gasteiger partial charge in [-0.25, -0.2) is 0 Å². The van der Waals surface area contributed by atoms with E-state index in [9.17, 15) is 13.2 Å². The summed E-state index contributed by atoms with van der Waals surface area (Å²) in [4.78, 5) is 0. The smallest absolute Gasteiger partial charge is 0.314 e. The van der Waals surface area contributed by atoms with Gasteiger partial charge in [0.15, 0.2) is 0 Å². The van der Waals surface area contributed by atoms with E-state index in [0.29, 0.717) is 6.54 Å². The molecule has 1 nitrogen and oxygen atoms in total. The van der Waals surface area contributed by atoms with Gasteiger partial charge < -0.3 is 5.32 Å². The van der Waals surface area contributed by atoms with Gasteiger partial charge in [0.1, 0.15) is 0 Å². The van der Waals surface area contributed by atoms with Gasteiger partial charge in [0, 0.05) is 6.04 Å². The first kappa shape index (κ1) is 15.8. The fourth-order valence-electron chi connectivity index (χ4n) is 2.69. The van der Waals surface area contributed by atoms with Crippen molar-refractivity contribution in [3.05, 3.63) is 0 Å². The van der Waals surface area contributed by atoms with Crippen molar-refractivity contribution in [1.82, 2.24) is 5.32 Å². The Morgan fingerprint density at radius 3 is 2.39 bits per heavy atom. The van der Waals surface area contributed by atoms with Crippen LogP contribution in [-0.4, -0.2) is 18.8 Å². The third-order valence-electron chi connectivity index (χ3n) is 3.86. The second-order valence-corrected chi connectivity index (χ2v) is 5.47. The molecule has 4 heteroatoms. The van der Waals surface area contributed by atoms with Gasteiger partial charge >= 0.3 is 6.18 Å². The van der Waals surface area contributed by atoms with Crippen molar-refractivity contribution in [2.45, 2.75) is 76.9 Å². The van der Waals surface area contributed by atoms with Crippen LogP contribution in [0, 0.1) is 5.92 Å². The average Bonchev–Trinajstić information content (AvgIpc) is 2.33. The Bertz CT molecular complexity index is 216. The molecule has 0 aliphatic carbocycles. The normalized spacial score (nSPS) is 25.3. The van der Waals surface area contributed by atoms with Gasteiger partial charge in [-0.05, 0) is 25.8 Å². The molecule has 2 unspecified atom stereocenters. The fourth-order valence-corrected chi connectivity index (χ4v) is 2.69. The first-order valence-electron chi connectivity index (χ1n) is 7.34. The second-order valence-electron chi connectivity index (χ2n) is 5.47. The van der Waals surface area contributed by atoms with Crippen LogP contribution >= 0.6 is 0 Å². The van der Waals surface area contributed by atoms with E-state index in [1.165, 1.54) is 25.7 Å². The predicted molar refractivity (Wildman–Crippen MR) is 68.6 cm³/mol. The van der Waals surface area contributed by atoms with Crippen molar-refractivity contribution >= 4 is 0 Å². The number of rotatable bonds is 7. The molecule has 108 valence electrons. The highest BCUT2D eigenvalue weighted by Crippen LogP contribution is 2.34. The third-order valence-corrected chi connectivity index (χ3v) is 3.86. The van der Waals surface area contributed by atoms with Crippen LogP contribution in [0.1, 0.15) is 64.7 Å². The van der Waals surface area contributed by atoms with Crippen molar-refractivity contribution in [2.75, 3.05) is 6.54 Å². The van der Waals surface area contributed by atoms with Crippen molar-refractivity contribution in [1.29, 1.82) is 0 Å². The molecular formula is C14H26F3N. The number of alkyl halides is 3. The SMILES string of the molecule is CCCCCCCCC1CC(C(F)(F)F)CCN1. The lowest BCUT2D eigenvalue weighted by molar-refractivity contribution is -0.183. The minimum absolute atomic E-state index is 0.0801. The summed E-state index contributed by atoms with van der Waals surface area (Å²) in [6, 6.07) is 0.0801. The van der Waals surface area contributed by atoms with Gasteiger partial charge in [0.05, 0.1) is 5.92 Å². The highest BCUT2D eigenvalue weighted by Gasteiger charge is 2.41. The highest BCUT2D eigenvalue weighted by molar-refractivity contribution is 4.82. The lowest BCUT2D eigenvalue weighted by Gasteiger charge is -2.31. The zero-order chi connectivity index (χ0) is 13.4. The summed E-state index contributed by atoms with van der Waals surface area (Å²) in [7, 11) is 0. The first-order valence-corrected chi connectivity index (χ1v) is 7.34. The number of piperidine rings is 1. The molecule has 0 spiro atoms. The van der Waals surface area contributed by atoms with Crippen LogP contribution in [0.25, 0.3) is 0 Å². The maximum atomic E-state index is 12.6. The quantitative estimate of drug-likeness (QED) is 0.660. The van der Waals surface area contributed by atoms with Crippen LogP contribution < -0.4 is 5.32 Å². The van der Waals surface area contributed by atoms with Crippen molar-refractivity contribution in [3.63, 3.8) is 0 Å². The van der Waals surface area contributed by atoms with E-state index < -0.39 is 12.1 Å². The van der Waals surface area contributed by atoms with Gasteiger partial charge in [-0.3, -0.25) is 0 Å². The van der Waals surface area contributed by atoms with E-state index in [2.05, 4.69) is 12.2 Å². The van der Waals surface area contributed by atoms with Gasteiger partial charge in [-0.1, -0.05) is 45.4 Å². The standard InChI is InChI=1S/C14H26F3N/c1-2-3-4-5-6-7-8-13-11-12(9-10-18-13)14(15,16)17/h12-13,18H,2-11H2,1H3. The lowest BCUT2D eigenvalue weighted by atomic mass is 9.89. The molecule has 18 heavy (non-hydrogen) atoms. The number of hydrogen-bond donors (Lipinski definition) is 1. The van der Waals surface area contributed by atoms with Crippen molar-refractivity contribution in [2.24, 2.45) is 5.92 Å². The maximum Gasteiger partial charge on any atom is 0.391 e. The zero-order valence-corrected chi connectivity index (χ0v) is 11.4. The van der Waals surface area contributed by atoms with Crippen LogP contribution in [0.3, 0.4) is 0 Å². The molecule has 1 N–H and O–H groups in total. The summed E-state index contributed by atoms with van der Waals surface area (Å²) < 4.78 is 37.8. The second kappa shape index (κ2) is 8.03. The van der Waals surface area contributed by atoms with Gasteiger partial charge in [0.2, 0.25) is 0 Å². The number of nitrogens with one attached hydrogen (secondary N) is 1. The average molecular weight is 265 g/mol. The molecule has 0 aromatic carbocycles. The molecule has 0 amide bonds. The summed E-state index contributed by atoms with van der Waals surface area (Å²) in [6.45, 7) is 2.70. The molecule has 0 radical (unpaired) electrons. The molecule has 1 saturated heterocycles. The topological polar surface area (TPSA) is 12.0 Å². The Labute approximate surface area is 109 Å². The van der Waals surface area contributed by atoms with Gasteiger partial charge in [0.25, 0.3) is 0 Å². The van der Waals surface area contributed by atoms with Crippen LogP contribution in [0.5, 0.6) is 0 Å². The molecule has 1 aliphatic heterocycles. The Balaban J connectivity index is 2.11. The number of halogens is 3. The Kier molecular flexibility index (Phi) is 7.05. The molecule has 2 atom stereocenters. The van der Waals surface area contributed by atoms with Gasteiger partial charge in [-0.2, -0.15) is 13.2 Å². The van der Waals surface area contributed by atoms with Gasteiger partial charge in [-0.15, -0.1) is 0 Å². The van der Waals surface area contributed by atoms with E-state index in [1.54, 1.807) is 0 Å². The molecule has 0 aromatic rings. The van der Waals surface area contributed by atoms with E-state index in [4.69, 9.17) is 0 Å². The minimum Gasteiger partial charge on any atom is -0.314 e. The molecule has 1 fully saturated rings. The molecular weight excluding hydrogens is 239 g/mol. The van der Waals surface area contributed by atoms with E-state index in [1.807, 2.05) is 0 Å². The van der Waals surface area contributed by atoms with E-state index >= 15 is 0 Å². The van der Waals surface area contributed by atoms with Crippen LogP contribution in [0.15, 0.2) is 0 Å². The third kappa shape index (κ3) is 6.07. The van der Waals surface area contributed by atoms with Crippen LogP contribution in [0.2, 0.25) is 0 Å². The molecule has 0 aromatic heterocycles. The molecule has 1 heterocycles. The molecule has 0 saturated carbocycles. The summed E-state index contributed by atoms with van der Waals surface area (Å²) >= 11 is 0. The summed E-state index contributed by atoms with van der Waals surface area (Å²) in [6.07, 6.45) is 4.65.